The highest BCUT2D eigenvalue weighted by Crippen LogP contribution is 2.39. The Kier molecular flexibility index (Phi) is 4.25. The fraction of sp³-hybridized carbons (Fsp3) is 0.462. The van der Waals surface area contributed by atoms with Crippen molar-refractivity contribution in [3.63, 3.8) is 0 Å². The molecule has 0 radical (unpaired) electrons. The lowest BCUT2D eigenvalue weighted by Gasteiger charge is -2.33. The Morgan fingerprint density at radius 3 is 2.85 bits per heavy atom. The van der Waals surface area contributed by atoms with Crippen LogP contribution in [0.1, 0.15) is 13.3 Å². The number of hydrogen-bond donors (Lipinski definition) is 0. The van der Waals surface area contributed by atoms with Crippen LogP contribution >= 0.6 is 11.6 Å². The lowest BCUT2D eigenvalue weighted by molar-refractivity contribution is -0.118. The second-order valence-corrected chi connectivity index (χ2v) is 7.57. The Morgan fingerprint density at radius 2 is 2.20 bits per heavy atom. The summed E-state index contributed by atoms with van der Waals surface area (Å²) in [5.41, 5.74) is 0.592. The quantitative estimate of drug-likeness (QED) is 0.854. The van der Waals surface area contributed by atoms with E-state index < -0.39 is 9.84 Å². The molecule has 1 aliphatic heterocycles. The van der Waals surface area contributed by atoms with Gasteiger partial charge in [-0.25, -0.2) is 8.42 Å². The third-order valence-corrected chi connectivity index (χ3v) is 4.23. The molecule has 1 atom stereocenters. The summed E-state index contributed by atoms with van der Waals surface area (Å²) >= 11 is 6.07. The number of fused-ring (bicyclic) bond motifs is 1. The van der Waals surface area contributed by atoms with Crippen molar-refractivity contribution in [2.75, 3.05) is 23.5 Å². The van der Waals surface area contributed by atoms with Crippen molar-refractivity contribution in [3.8, 4) is 5.75 Å². The minimum absolute atomic E-state index is 0.0441. The molecule has 2 rings (SSSR count). The van der Waals surface area contributed by atoms with Gasteiger partial charge in [0.2, 0.25) is 5.91 Å². The monoisotopic (exact) mass is 317 g/mol. The maximum Gasteiger partial charge on any atom is 0.228 e. The summed E-state index contributed by atoms with van der Waals surface area (Å²) < 4.78 is 28.0. The number of nitrogens with zero attached hydrogens (tertiary/aromatic N) is 1. The molecule has 0 saturated heterocycles. The Morgan fingerprint density at radius 1 is 1.50 bits per heavy atom. The second-order valence-electron chi connectivity index (χ2n) is 4.90. The van der Waals surface area contributed by atoms with Crippen molar-refractivity contribution in [1.29, 1.82) is 0 Å². The van der Waals surface area contributed by atoms with Gasteiger partial charge in [-0.15, -0.1) is 0 Å². The molecule has 1 aromatic rings. The van der Waals surface area contributed by atoms with Crippen LogP contribution in [0, 0.1) is 0 Å². The van der Waals surface area contributed by atoms with Crippen molar-refractivity contribution in [1.82, 2.24) is 0 Å². The van der Waals surface area contributed by atoms with Gasteiger partial charge in [0.15, 0.2) is 5.75 Å². The minimum Gasteiger partial charge on any atom is -0.485 e. The first kappa shape index (κ1) is 15.1. The van der Waals surface area contributed by atoms with Crippen LogP contribution in [0.3, 0.4) is 0 Å². The van der Waals surface area contributed by atoms with Crippen molar-refractivity contribution < 1.29 is 17.9 Å². The van der Waals surface area contributed by atoms with Crippen LogP contribution in [0.4, 0.5) is 5.69 Å². The molecule has 5 nitrogen and oxygen atoms in total. The van der Waals surface area contributed by atoms with Crippen LogP contribution in [0.2, 0.25) is 5.02 Å². The molecule has 0 aromatic heterocycles. The molecule has 110 valence electrons. The Labute approximate surface area is 123 Å². The van der Waals surface area contributed by atoms with Crippen LogP contribution in [-0.4, -0.2) is 39.0 Å². The molecule has 0 bridgehead atoms. The molecular weight excluding hydrogens is 302 g/mol. The first-order chi connectivity index (χ1) is 9.28. The summed E-state index contributed by atoms with van der Waals surface area (Å²) in [7, 11) is -3.16. The smallest absolute Gasteiger partial charge is 0.228 e. The van der Waals surface area contributed by atoms with Crippen LogP contribution < -0.4 is 9.64 Å². The van der Waals surface area contributed by atoms with Gasteiger partial charge in [-0.05, 0) is 19.1 Å². The second kappa shape index (κ2) is 5.61. The van der Waals surface area contributed by atoms with Gasteiger partial charge in [-0.1, -0.05) is 17.7 Å². The van der Waals surface area contributed by atoms with E-state index in [2.05, 4.69) is 0 Å². The van der Waals surface area contributed by atoms with E-state index in [4.69, 9.17) is 16.3 Å². The molecule has 1 aromatic carbocycles. The highest BCUT2D eigenvalue weighted by Gasteiger charge is 2.29. The number of amides is 1. The number of sulfone groups is 1. The molecule has 20 heavy (non-hydrogen) atoms. The van der Waals surface area contributed by atoms with Gasteiger partial charge in [-0.3, -0.25) is 4.79 Å². The van der Waals surface area contributed by atoms with Crippen LogP contribution in [0.5, 0.6) is 5.75 Å². The normalized spacial score (nSPS) is 18.4. The summed E-state index contributed by atoms with van der Waals surface area (Å²) in [6.45, 7) is 2.22. The fourth-order valence-corrected chi connectivity index (χ4v) is 2.82. The molecule has 0 N–H and O–H groups in total. The molecule has 1 amide bonds. The van der Waals surface area contributed by atoms with Gasteiger partial charge in [0, 0.05) is 12.7 Å². The first-order valence-electron chi connectivity index (χ1n) is 6.21. The van der Waals surface area contributed by atoms with Gasteiger partial charge in [0.05, 0.1) is 23.0 Å². The number of rotatable bonds is 3. The van der Waals surface area contributed by atoms with Crippen molar-refractivity contribution >= 4 is 33.0 Å². The van der Waals surface area contributed by atoms with Gasteiger partial charge in [0.1, 0.15) is 15.9 Å². The molecular formula is C13H16ClNO4S. The zero-order valence-corrected chi connectivity index (χ0v) is 12.9. The Hall–Kier alpha value is -1.27. The van der Waals surface area contributed by atoms with Crippen molar-refractivity contribution in [3.05, 3.63) is 23.2 Å². The summed E-state index contributed by atoms with van der Waals surface area (Å²) in [5, 5.41) is 0.440. The SMILES string of the molecule is C[C@H]1CN(C(=O)CCS(C)(=O)=O)c2cccc(Cl)c2O1. The van der Waals surface area contributed by atoms with Crippen LogP contribution in [0.25, 0.3) is 0 Å². The number of anilines is 1. The van der Waals surface area contributed by atoms with E-state index >= 15 is 0 Å². The predicted molar refractivity (Wildman–Crippen MR) is 78.2 cm³/mol. The van der Waals surface area contributed by atoms with E-state index in [9.17, 15) is 13.2 Å². The van der Waals surface area contributed by atoms with E-state index in [-0.39, 0.29) is 24.2 Å². The third kappa shape index (κ3) is 3.43. The van der Waals surface area contributed by atoms with E-state index in [0.717, 1.165) is 6.26 Å². The summed E-state index contributed by atoms with van der Waals surface area (Å²) in [5.74, 6) is 0.0720. The molecule has 1 heterocycles. The zero-order valence-electron chi connectivity index (χ0n) is 11.3. The standard InChI is InChI=1S/C13H16ClNO4S/c1-9-8-15(12(16)6-7-20(2,17)18)11-5-3-4-10(14)13(11)19-9/h3-5,9H,6-8H2,1-2H3/t9-/m0/s1. The topological polar surface area (TPSA) is 63.7 Å². The van der Waals surface area contributed by atoms with Crippen LogP contribution in [-0.2, 0) is 14.6 Å². The number of halogens is 1. The van der Waals surface area contributed by atoms with E-state index in [0.29, 0.717) is 23.0 Å². The van der Waals surface area contributed by atoms with E-state index in [1.807, 2.05) is 6.92 Å². The number of benzene rings is 1. The Balaban J connectivity index is 2.25. The fourth-order valence-electron chi connectivity index (χ4n) is 2.06. The molecule has 0 spiro atoms. The number of carbonyl (C=O) groups excluding carboxylic acids is 1. The summed E-state index contributed by atoms with van der Waals surface area (Å²) in [6, 6.07) is 5.17. The highest BCUT2D eigenvalue weighted by molar-refractivity contribution is 7.90. The average molecular weight is 318 g/mol. The van der Waals surface area contributed by atoms with Gasteiger partial charge < -0.3 is 9.64 Å². The summed E-state index contributed by atoms with van der Waals surface area (Å²) in [4.78, 5) is 13.8. The maximum absolute atomic E-state index is 12.2. The third-order valence-electron chi connectivity index (χ3n) is 2.98. The molecule has 0 unspecified atom stereocenters. The molecule has 0 saturated carbocycles. The predicted octanol–water partition coefficient (Wildman–Crippen LogP) is 1.89. The Bertz CT molecular complexity index is 629. The molecule has 0 aliphatic carbocycles. The molecule has 7 heteroatoms. The highest BCUT2D eigenvalue weighted by atomic mass is 35.5. The lowest BCUT2D eigenvalue weighted by atomic mass is 10.2. The zero-order chi connectivity index (χ0) is 14.9. The molecule has 0 fully saturated rings. The van der Waals surface area contributed by atoms with Gasteiger partial charge >= 0.3 is 0 Å². The molecule has 1 aliphatic rings. The number of para-hydroxylation sites is 1. The summed E-state index contributed by atoms with van der Waals surface area (Å²) in [6.07, 6.45) is 0.884. The van der Waals surface area contributed by atoms with Crippen LogP contribution in [0.15, 0.2) is 18.2 Å². The van der Waals surface area contributed by atoms with E-state index in [1.165, 1.54) is 0 Å². The van der Waals surface area contributed by atoms with Gasteiger partial charge in [-0.2, -0.15) is 0 Å². The first-order valence-corrected chi connectivity index (χ1v) is 8.65. The number of carbonyl (C=O) groups is 1. The van der Waals surface area contributed by atoms with E-state index in [1.54, 1.807) is 23.1 Å². The maximum atomic E-state index is 12.2. The lowest BCUT2D eigenvalue weighted by Crippen LogP contribution is -2.42. The van der Waals surface area contributed by atoms with Crippen molar-refractivity contribution in [2.24, 2.45) is 0 Å². The number of ether oxygens (including phenoxy) is 1. The van der Waals surface area contributed by atoms with Crippen molar-refractivity contribution in [2.45, 2.75) is 19.4 Å². The minimum atomic E-state index is -3.16. The average Bonchev–Trinajstić information content (AvgIpc) is 2.35. The largest absolute Gasteiger partial charge is 0.485 e. The van der Waals surface area contributed by atoms with Gasteiger partial charge in [0.25, 0.3) is 0 Å². The number of hydrogen-bond acceptors (Lipinski definition) is 4.